The molecule has 0 saturated heterocycles. The summed E-state index contributed by atoms with van der Waals surface area (Å²) < 4.78 is 5.36. The van der Waals surface area contributed by atoms with Crippen LogP contribution in [0.5, 0.6) is 0 Å². The van der Waals surface area contributed by atoms with Gasteiger partial charge in [-0.05, 0) is 99.0 Å². The van der Waals surface area contributed by atoms with E-state index in [-0.39, 0.29) is 11.5 Å². The van der Waals surface area contributed by atoms with Crippen molar-refractivity contribution in [3.05, 3.63) is 35.9 Å². The lowest BCUT2D eigenvalue weighted by Gasteiger charge is -2.61. The van der Waals surface area contributed by atoms with Crippen LogP contribution in [0.25, 0.3) is 0 Å². The molecule has 0 radical (unpaired) electrons. The Morgan fingerprint density at radius 3 is 2.55 bits per heavy atom. The standard InChI is InChI=1S/C28H36O3/c1-26-14-11-22(31-19-29)18-21(26)8-9-23-24(26)12-15-27(2)25(23)13-17-28(27,30)16-10-20-6-4-3-5-7-20/h3-7,19,21-25,30H,8-9,11-15,17-18H2,1-2H3/t21-,22+,23+,24-,25-,26-,27-,28-/m0/s1. The van der Waals surface area contributed by atoms with E-state index in [1.165, 1.54) is 25.7 Å². The van der Waals surface area contributed by atoms with Crippen molar-refractivity contribution in [3.8, 4) is 11.8 Å². The number of carbonyl (C=O) groups is 1. The molecule has 0 aromatic heterocycles. The highest BCUT2D eigenvalue weighted by Crippen LogP contribution is 2.68. The number of hydrogen-bond donors (Lipinski definition) is 1. The first-order valence-corrected chi connectivity index (χ1v) is 12.3. The summed E-state index contributed by atoms with van der Waals surface area (Å²) in [7, 11) is 0. The second-order valence-corrected chi connectivity index (χ2v) is 11.3. The van der Waals surface area contributed by atoms with Gasteiger partial charge in [-0.3, -0.25) is 4.79 Å². The number of aliphatic hydroxyl groups is 1. The first-order chi connectivity index (χ1) is 14.9. The predicted molar refractivity (Wildman–Crippen MR) is 121 cm³/mol. The van der Waals surface area contributed by atoms with E-state index in [0.717, 1.165) is 43.6 Å². The van der Waals surface area contributed by atoms with E-state index in [0.29, 0.717) is 29.6 Å². The molecule has 3 nitrogen and oxygen atoms in total. The summed E-state index contributed by atoms with van der Waals surface area (Å²) in [6, 6.07) is 10.1. The quantitative estimate of drug-likeness (QED) is 0.518. The molecule has 5 rings (SSSR count). The molecule has 3 heteroatoms. The third kappa shape index (κ3) is 3.25. The minimum atomic E-state index is -0.883. The summed E-state index contributed by atoms with van der Waals surface area (Å²) in [6.07, 6.45) is 9.95. The highest BCUT2D eigenvalue weighted by atomic mass is 16.5. The average molecular weight is 421 g/mol. The molecule has 1 N–H and O–H groups in total. The van der Waals surface area contributed by atoms with Crippen LogP contribution < -0.4 is 0 Å². The summed E-state index contributed by atoms with van der Waals surface area (Å²) in [6.45, 7) is 5.48. The number of ether oxygens (including phenoxy) is 1. The molecule has 4 fully saturated rings. The van der Waals surface area contributed by atoms with Crippen molar-refractivity contribution in [3.63, 3.8) is 0 Å². The number of hydrogen-bond acceptors (Lipinski definition) is 3. The van der Waals surface area contributed by atoms with Gasteiger partial charge in [0.15, 0.2) is 0 Å². The second-order valence-electron chi connectivity index (χ2n) is 11.3. The third-order valence-corrected chi connectivity index (χ3v) is 10.2. The van der Waals surface area contributed by atoms with Crippen LogP contribution in [0, 0.1) is 46.3 Å². The summed E-state index contributed by atoms with van der Waals surface area (Å²) in [5.41, 5.74) is 0.338. The maximum atomic E-state index is 11.8. The lowest BCUT2D eigenvalue weighted by molar-refractivity contribution is -0.156. The predicted octanol–water partition coefficient (Wildman–Crippen LogP) is 5.35. The van der Waals surface area contributed by atoms with Crippen molar-refractivity contribution in [2.24, 2.45) is 34.5 Å². The number of benzene rings is 1. The van der Waals surface area contributed by atoms with Crippen LogP contribution in [0.2, 0.25) is 0 Å². The Morgan fingerprint density at radius 1 is 1.00 bits per heavy atom. The molecule has 166 valence electrons. The molecular formula is C28H36O3. The van der Waals surface area contributed by atoms with Crippen LogP contribution >= 0.6 is 0 Å². The van der Waals surface area contributed by atoms with Crippen molar-refractivity contribution in [2.75, 3.05) is 0 Å². The van der Waals surface area contributed by atoms with E-state index < -0.39 is 5.60 Å². The maximum Gasteiger partial charge on any atom is 0.293 e. The van der Waals surface area contributed by atoms with Gasteiger partial charge >= 0.3 is 0 Å². The van der Waals surface area contributed by atoms with Crippen LogP contribution in [0.3, 0.4) is 0 Å². The van der Waals surface area contributed by atoms with Gasteiger partial charge in [-0.1, -0.05) is 43.9 Å². The SMILES string of the molecule is C[C@]12CC[C@@H](OC=O)C[C@@H]1CC[C@@H]1[C@@H]2CC[C@@]2(C)[C@H]1CC[C@@]2(O)C#Cc1ccccc1. The van der Waals surface area contributed by atoms with Gasteiger partial charge in [-0.15, -0.1) is 0 Å². The normalized spacial score (nSPS) is 46.0. The Bertz CT molecular complexity index is 885. The Balaban J connectivity index is 1.38. The molecule has 0 heterocycles. The van der Waals surface area contributed by atoms with Crippen LogP contribution in [0.4, 0.5) is 0 Å². The topological polar surface area (TPSA) is 46.5 Å². The Morgan fingerprint density at radius 2 is 1.77 bits per heavy atom. The van der Waals surface area contributed by atoms with Crippen molar-refractivity contribution >= 4 is 6.47 Å². The first-order valence-electron chi connectivity index (χ1n) is 12.3. The van der Waals surface area contributed by atoms with Gasteiger partial charge in [-0.2, -0.15) is 0 Å². The Kier molecular flexibility index (Phi) is 5.21. The van der Waals surface area contributed by atoms with Crippen molar-refractivity contribution in [2.45, 2.75) is 83.3 Å². The average Bonchev–Trinajstić information content (AvgIpc) is 3.05. The van der Waals surface area contributed by atoms with E-state index in [2.05, 4.69) is 25.7 Å². The monoisotopic (exact) mass is 420 g/mol. The van der Waals surface area contributed by atoms with Crippen LogP contribution in [-0.2, 0) is 9.53 Å². The van der Waals surface area contributed by atoms with Gasteiger partial charge in [-0.25, -0.2) is 0 Å². The molecule has 4 saturated carbocycles. The van der Waals surface area contributed by atoms with Gasteiger partial charge in [0.05, 0.1) is 0 Å². The summed E-state index contributed by atoms with van der Waals surface area (Å²) >= 11 is 0. The summed E-state index contributed by atoms with van der Waals surface area (Å²) in [4.78, 5) is 10.8. The van der Waals surface area contributed by atoms with Crippen LogP contribution in [-0.4, -0.2) is 23.3 Å². The van der Waals surface area contributed by atoms with E-state index in [9.17, 15) is 9.90 Å². The van der Waals surface area contributed by atoms with Crippen molar-refractivity contribution < 1.29 is 14.6 Å². The number of carbonyl (C=O) groups excluding carboxylic acids is 1. The van der Waals surface area contributed by atoms with E-state index in [1.807, 2.05) is 30.3 Å². The molecule has 0 unspecified atom stereocenters. The summed E-state index contributed by atoms with van der Waals surface area (Å²) in [5, 5.41) is 11.8. The van der Waals surface area contributed by atoms with E-state index in [4.69, 9.17) is 4.74 Å². The smallest absolute Gasteiger partial charge is 0.293 e. The van der Waals surface area contributed by atoms with Gasteiger partial charge < -0.3 is 9.84 Å². The molecular weight excluding hydrogens is 384 g/mol. The molecule has 0 bridgehead atoms. The zero-order chi connectivity index (χ0) is 21.7. The Hall–Kier alpha value is -1.79. The highest BCUT2D eigenvalue weighted by Gasteiger charge is 2.64. The van der Waals surface area contributed by atoms with E-state index in [1.54, 1.807) is 0 Å². The largest absolute Gasteiger partial charge is 0.465 e. The van der Waals surface area contributed by atoms with E-state index >= 15 is 0 Å². The first kappa shape index (κ1) is 21.1. The fraction of sp³-hybridized carbons (Fsp3) is 0.679. The molecule has 1 aromatic rings. The maximum absolute atomic E-state index is 11.8. The molecule has 1 aromatic carbocycles. The van der Waals surface area contributed by atoms with Gasteiger partial charge in [0.25, 0.3) is 6.47 Å². The lowest BCUT2D eigenvalue weighted by atomic mass is 9.44. The zero-order valence-corrected chi connectivity index (χ0v) is 19.0. The van der Waals surface area contributed by atoms with Gasteiger partial charge in [0.1, 0.15) is 11.7 Å². The molecule has 0 spiro atoms. The molecule has 4 aliphatic rings. The van der Waals surface area contributed by atoms with Crippen LogP contribution in [0.1, 0.15) is 77.2 Å². The highest BCUT2D eigenvalue weighted by molar-refractivity contribution is 5.38. The second kappa shape index (κ2) is 7.66. The minimum absolute atomic E-state index is 0.114. The minimum Gasteiger partial charge on any atom is -0.465 e. The molecule has 0 amide bonds. The molecule has 4 aliphatic carbocycles. The lowest BCUT2D eigenvalue weighted by Crippen LogP contribution is -2.56. The fourth-order valence-electron chi connectivity index (χ4n) is 8.34. The summed E-state index contributed by atoms with van der Waals surface area (Å²) in [5.74, 6) is 9.27. The van der Waals surface area contributed by atoms with Crippen molar-refractivity contribution in [1.29, 1.82) is 0 Å². The van der Waals surface area contributed by atoms with Gasteiger partial charge in [0.2, 0.25) is 0 Å². The molecule has 31 heavy (non-hydrogen) atoms. The van der Waals surface area contributed by atoms with Gasteiger partial charge in [0, 0.05) is 11.0 Å². The van der Waals surface area contributed by atoms with Crippen molar-refractivity contribution in [1.82, 2.24) is 0 Å². The van der Waals surface area contributed by atoms with Crippen LogP contribution in [0.15, 0.2) is 30.3 Å². The zero-order valence-electron chi connectivity index (χ0n) is 19.0. The number of rotatable bonds is 2. The number of fused-ring (bicyclic) bond motifs is 5. The fourth-order valence-corrected chi connectivity index (χ4v) is 8.34. The molecule has 8 atom stereocenters. The molecule has 0 aliphatic heterocycles. The third-order valence-electron chi connectivity index (χ3n) is 10.2. The Labute approximate surface area is 187 Å².